The van der Waals surface area contributed by atoms with Crippen LogP contribution in [0.5, 0.6) is 0 Å². The summed E-state index contributed by atoms with van der Waals surface area (Å²) in [5.74, 6) is -2.49. The van der Waals surface area contributed by atoms with E-state index in [-0.39, 0.29) is 5.69 Å². The van der Waals surface area contributed by atoms with Crippen molar-refractivity contribution in [3.63, 3.8) is 0 Å². The number of amides is 1. The molecular formula is C11H13F3N2O4. The summed E-state index contributed by atoms with van der Waals surface area (Å²) in [5.41, 5.74) is -0.339. The topological polar surface area (TPSA) is 91.6 Å². The molecule has 0 aliphatic carbocycles. The van der Waals surface area contributed by atoms with Crippen molar-refractivity contribution in [1.82, 2.24) is 9.88 Å². The molecule has 6 nitrogen and oxygen atoms in total. The third-order valence-corrected chi connectivity index (χ3v) is 2.45. The van der Waals surface area contributed by atoms with Crippen molar-refractivity contribution in [2.75, 3.05) is 0 Å². The first-order valence-corrected chi connectivity index (χ1v) is 5.55. The number of rotatable bonds is 5. The molecule has 2 atom stereocenters. The fraction of sp³-hybridized carbons (Fsp3) is 0.455. The first-order valence-electron chi connectivity index (χ1n) is 5.55. The van der Waals surface area contributed by atoms with E-state index in [1.807, 2.05) is 5.32 Å². The lowest BCUT2D eigenvalue weighted by atomic mass is 10.2. The first kappa shape index (κ1) is 16.0. The van der Waals surface area contributed by atoms with E-state index < -0.39 is 36.7 Å². The number of carbonyl (C=O) groups excluding carboxylic acids is 1. The summed E-state index contributed by atoms with van der Waals surface area (Å²) in [6, 6.07) is 0.762. The number of carboxylic acids is 1. The van der Waals surface area contributed by atoms with Crippen LogP contribution in [0.3, 0.4) is 0 Å². The number of aliphatic hydroxyl groups excluding tert-OH is 1. The van der Waals surface area contributed by atoms with Gasteiger partial charge in [-0.1, -0.05) is 0 Å². The van der Waals surface area contributed by atoms with Crippen molar-refractivity contribution in [2.45, 2.75) is 31.8 Å². The zero-order valence-corrected chi connectivity index (χ0v) is 10.4. The number of nitrogens with zero attached hydrogens (tertiary/aromatic N) is 1. The molecule has 3 N–H and O–H groups in total. The molecule has 0 saturated carbocycles. The van der Waals surface area contributed by atoms with E-state index >= 15 is 0 Å². The van der Waals surface area contributed by atoms with E-state index in [0.717, 1.165) is 19.2 Å². The van der Waals surface area contributed by atoms with Crippen molar-refractivity contribution in [2.24, 2.45) is 0 Å². The molecule has 0 spiro atoms. The SMILES string of the molecule is C[C@@H](O)[C@H](NC(=O)c1cccn1CC(F)(F)F)C(=O)O. The molecule has 0 aliphatic heterocycles. The number of carbonyl (C=O) groups is 2. The number of halogens is 3. The zero-order chi connectivity index (χ0) is 15.5. The fourth-order valence-electron chi connectivity index (χ4n) is 1.56. The van der Waals surface area contributed by atoms with Gasteiger partial charge < -0.3 is 20.1 Å². The number of carboxylic acid groups (broad SMARTS) is 1. The second-order valence-electron chi connectivity index (χ2n) is 4.17. The van der Waals surface area contributed by atoms with Crippen LogP contribution in [-0.2, 0) is 11.3 Å². The predicted molar refractivity (Wildman–Crippen MR) is 61.1 cm³/mol. The van der Waals surface area contributed by atoms with Crippen LogP contribution in [0, 0.1) is 0 Å². The van der Waals surface area contributed by atoms with Gasteiger partial charge in [0.05, 0.1) is 6.10 Å². The van der Waals surface area contributed by atoms with E-state index in [1.54, 1.807) is 0 Å². The second kappa shape index (κ2) is 5.95. The smallest absolute Gasteiger partial charge is 0.406 e. The Morgan fingerprint density at radius 3 is 2.50 bits per heavy atom. The van der Waals surface area contributed by atoms with Gasteiger partial charge >= 0.3 is 12.1 Å². The van der Waals surface area contributed by atoms with Crippen molar-refractivity contribution < 1.29 is 33.0 Å². The number of hydrogen-bond acceptors (Lipinski definition) is 3. The number of nitrogens with one attached hydrogen (secondary N) is 1. The minimum atomic E-state index is -4.51. The van der Waals surface area contributed by atoms with Gasteiger partial charge in [-0.25, -0.2) is 4.79 Å². The Hall–Kier alpha value is -2.03. The Labute approximate surface area is 111 Å². The number of hydrogen-bond donors (Lipinski definition) is 3. The Balaban J connectivity index is 2.88. The van der Waals surface area contributed by atoms with Gasteiger partial charge in [-0.05, 0) is 19.1 Å². The Kier molecular flexibility index (Phi) is 4.77. The lowest BCUT2D eigenvalue weighted by Gasteiger charge is -2.18. The van der Waals surface area contributed by atoms with E-state index in [4.69, 9.17) is 5.11 Å². The average molecular weight is 294 g/mol. The van der Waals surface area contributed by atoms with Gasteiger partial charge in [-0.15, -0.1) is 0 Å². The molecule has 0 bridgehead atoms. The molecule has 0 saturated heterocycles. The monoisotopic (exact) mass is 294 g/mol. The Bertz CT molecular complexity index is 496. The Morgan fingerprint density at radius 2 is 2.05 bits per heavy atom. The molecule has 1 aromatic heterocycles. The highest BCUT2D eigenvalue weighted by Gasteiger charge is 2.31. The molecule has 0 unspecified atom stereocenters. The number of aliphatic hydroxyl groups is 1. The van der Waals surface area contributed by atoms with E-state index in [2.05, 4.69) is 0 Å². The molecule has 1 heterocycles. The van der Waals surface area contributed by atoms with Crippen LogP contribution in [0.2, 0.25) is 0 Å². The third kappa shape index (κ3) is 4.26. The summed E-state index contributed by atoms with van der Waals surface area (Å²) in [4.78, 5) is 22.6. The maximum absolute atomic E-state index is 12.3. The number of aliphatic carboxylic acids is 1. The summed E-state index contributed by atoms with van der Waals surface area (Å²) in [7, 11) is 0. The normalized spacial score (nSPS) is 14.7. The van der Waals surface area contributed by atoms with Gasteiger partial charge in [0.15, 0.2) is 6.04 Å². The summed E-state index contributed by atoms with van der Waals surface area (Å²) in [6.07, 6.45) is -4.84. The lowest BCUT2D eigenvalue weighted by Crippen LogP contribution is -2.48. The molecule has 0 fully saturated rings. The average Bonchev–Trinajstić information content (AvgIpc) is 2.70. The van der Waals surface area contributed by atoms with Crippen molar-refractivity contribution >= 4 is 11.9 Å². The van der Waals surface area contributed by atoms with Crippen LogP contribution in [0.25, 0.3) is 0 Å². The fourth-order valence-corrected chi connectivity index (χ4v) is 1.56. The van der Waals surface area contributed by atoms with Crippen molar-refractivity contribution in [3.05, 3.63) is 24.0 Å². The molecule has 9 heteroatoms. The van der Waals surface area contributed by atoms with Crippen LogP contribution in [0.15, 0.2) is 18.3 Å². The maximum Gasteiger partial charge on any atom is 0.406 e. The largest absolute Gasteiger partial charge is 0.480 e. The summed E-state index contributed by atoms with van der Waals surface area (Å²) < 4.78 is 37.5. The molecule has 1 aromatic rings. The highest BCUT2D eigenvalue weighted by Crippen LogP contribution is 2.19. The minimum absolute atomic E-state index is 0.339. The first-order chi connectivity index (χ1) is 9.11. The van der Waals surface area contributed by atoms with Gasteiger partial charge in [0.2, 0.25) is 0 Å². The standard InChI is InChI=1S/C11H13F3N2O4/c1-6(17)8(10(19)20)15-9(18)7-3-2-4-16(7)5-11(12,13)14/h2-4,6,8,17H,5H2,1H3,(H,15,18)(H,19,20)/t6-,8+/m1/s1. The van der Waals surface area contributed by atoms with Gasteiger partial charge in [0, 0.05) is 6.20 Å². The van der Waals surface area contributed by atoms with Gasteiger partial charge in [0.25, 0.3) is 5.91 Å². The van der Waals surface area contributed by atoms with Gasteiger partial charge in [-0.3, -0.25) is 4.79 Å². The molecule has 0 radical (unpaired) electrons. The Morgan fingerprint density at radius 1 is 1.45 bits per heavy atom. The zero-order valence-electron chi connectivity index (χ0n) is 10.4. The highest BCUT2D eigenvalue weighted by atomic mass is 19.4. The molecular weight excluding hydrogens is 281 g/mol. The molecule has 112 valence electrons. The lowest BCUT2D eigenvalue weighted by molar-refractivity contribution is -0.142. The summed E-state index contributed by atoms with van der Waals surface area (Å²) in [5, 5.41) is 20.0. The van der Waals surface area contributed by atoms with Crippen LogP contribution in [0.4, 0.5) is 13.2 Å². The maximum atomic E-state index is 12.3. The van der Waals surface area contributed by atoms with Crippen LogP contribution >= 0.6 is 0 Å². The third-order valence-electron chi connectivity index (χ3n) is 2.45. The summed E-state index contributed by atoms with van der Waals surface area (Å²) in [6.45, 7) is -0.219. The highest BCUT2D eigenvalue weighted by molar-refractivity contribution is 5.95. The molecule has 1 amide bonds. The second-order valence-corrected chi connectivity index (χ2v) is 4.17. The number of aromatic nitrogens is 1. The number of alkyl halides is 3. The van der Waals surface area contributed by atoms with Crippen molar-refractivity contribution in [3.8, 4) is 0 Å². The molecule has 0 aliphatic rings. The van der Waals surface area contributed by atoms with Crippen LogP contribution in [-0.4, -0.2) is 45.0 Å². The van der Waals surface area contributed by atoms with Crippen molar-refractivity contribution in [1.29, 1.82) is 0 Å². The van der Waals surface area contributed by atoms with E-state index in [1.165, 1.54) is 6.07 Å². The van der Waals surface area contributed by atoms with Gasteiger partial charge in [0.1, 0.15) is 12.2 Å². The molecule has 1 rings (SSSR count). The predicted octanol–water partition coefficient (Wildman–Crippen LogP) is 0.614. The summed E-state index contributed by atoms with van der Waals surface area (Å²) >= 11 is 0. The van der Waals surface area contributed by atoms with Crippen LogP contribution in [0.1, 0.15) is 17.4 Å². The van der Waals surface area contributed by atoms with Crippen LogP contribution < -0.4 is 5.32 Å². The molecule has 20 heavy (non-hydrogen) atoms. The quantitative estimate of drug-likeness (QED) is 0.742. The van der Waals surface area contributed by atoms with E-state index in [9.17, 15) is 27.9 Å². The molecule has 0 aromatic carbocycles. The van der Waals surface area contributed by atoms with Gasteiger partial charge in [-0.2, -0.15) is 13.2 Å². The minimum Gasteiger partial charge on any atom is -0.480 e. The van der Waals surface area contributed by atoms with E-state index in [0.29, 0.717) is 4.57 Å².